The Morgan fingerprint density at radius 1 is 1.11 bits per heavy atom. The van der Waals surface area contributed by atoms with E-state index in [9.17, 15) is 20.2 Å². The average molecular weight is 364 g/mol. The summed E-state index contributed by atoms with van der Waals surface area (Å²) < 4.78 is 0.422. The summed E-state index contributed by atoms with van der Waals surface area (Å²) in [5.74, 6) is 0. The molecule has 1 aromatic carbocycles. The van der Waals surface area contributed by atoms with Gasteiger partial charge in [0, 0.05) is 5.56 Å². The fraction of sp³-hybridized carbons (Fsp3) is 0.455. The normalized spacial score (nSPS) is 11.4. The van der Waals surface area contributed by atoms with Gasteiger partial charge in [-0.25, -0.2) is 0 Å². The van der Waals surface area contributed by atoms with E-state index in [0.29, 0.717) is 9.13 Å². The number of nitro groups is 2. The monoisotopic (exact) mass is 364 g/mol. The summed E-state index contributed by atoms with van der Waals surface area (Å²) in [5, 5.41) is 22.1. The maximum atomic E-state index is 11.2. The highest BCUT2D eigenvalue weighted by atomic mass is 127. The lowest BCUT2D eigenvalue weighted by Gasteiger charge is -2.20. The second-order valence-corrected chi connectivity index (χ2v) is 6.15. The summed E-state index contributed by atoms with van der Waals surface area (Å²) in [7, 11) is 0. The summed E-state index contributed by atoms with van der Waals surface area (Å²) >= 11 is 1.84. The van der Waals surface area contributed by atoms with Crippen molar-refractivity contribution in [2.45, 2.75) is 33.1 Å². The zero-order valence-electron chi connectivity index (χ0n) is 10.5. The van der Waals surface area contributed by atoms with Crippen molar-refractivity contribution in [3.63, 3.8) is 0 Å². The third kappa shape index (κ3) is 2.60. The molecule has 0 heterocycles. The van der Waals surface area contributed by atoms with Crippen molar-refractivity contribution in [2.75, 3.05) is 0 Å². The third-order valence-corrected chi connectivity index (χ3v) is 3.46. The molecule has 0 saturated carbocycles. The number of hydrogen-bond acceptors (Lipinski definition) is 4. The Morgan fingerprint density at radius 3 is 1.89 bits per heavy atom. The molecule has 0 spiro atoms. The van der Waals surface area contributed by atoms with Crippen molar-refractivity contribution < 1.29 is 9.85 Å². The molecule has 6 nitrogen and oxygen atoms in total. The van der Waals surface area contributed by atoms with E-state index in [1.54, 1.807) is 0 Å². The lowest BCUT2D eigenvalue weighted by molar-refractivity contribution is -0.396. The molecule has 1 rings (SSSR count). The molecule has 0 aliphatic rings. The zero-order valence-corrected chi connectivity index (χ0v) is 12.6. The topological polar surface area (TPSA) is 86.3 Å². The minimum atomic E-state index is -0.573. The maximum absolute atomic E-state index is 11.2. The van der Waals surface area contributed by atoms with Gasteiger partial charge in [-0.1, -0.05) is 20.8 Å². The van der Waals surface area contributed by atoms with Crippen molar-refractivity contribution in [1.29, 1.82) is 0 Å². The quantitative estimate of drug-likeness (QED) is 0.455. The van der Waals surface area contributed by atoms with Gasteiger partial charge in [-0.2, -0.15) is 0 Å². The van der Waals surface area contributed by atoms with E-state index in [4.69, 9.17) is 0 Å². The molecule has 0 aliphatic carbocycles. The van der Waals surface area contributed by atoms with Gasteiger partial charge in [0.25, 0.3) is 11.4 Å². The third-order valence-electron chi connectivity index (χ3n) is 2.64. The van der Waals surface area contributed by atoms with Crippen molar-refractivity contribution in [3.05, 3.63) is 41.0 Å². The Balaban J connectivity index is 3.78. The lowest BCUT2D eigenvalue weighted by atomic mass is 9.84. The molecule has 0 radical (unpaired) electrons. The van der Waals surface area contributed by atoms with Crippen LogP contribution < -0.4 is 0 Å². The molecule has 0 unspecified atom stereocenters. The van der Waals surface area contributed by atoms with Gasteiger partial charge in [0.2, 0.25) is 0 Å². The SMILES string of the molecule is Cc1c([N+](=O)[O-])c(I)cc(C(C)(C)C)c1[N+](=O)[O-]. The second kappa shape index (κ2) is 4.79. The first-order valence-corrected chi connectivity index (χ1v) is 6.27. The van der Waals surface area contributed by atoms with Gasteiger partial charge in [-0.15, -0.1) is 0 Å². The van der Waals surface area contributed by atoms with Crippen LogP contribution in [0.5, 0.6) is 0 Å². The number of nitrogens with zero attached hydrogens (tertiary/aromatic N) is 2. The fourth-order valence-corrected chi connectivity index (χ4v) is 2.70. The molecule has 0 amide bonds. The van der Waals surface area contributed by atoms with Crippen LogP contribution in [0.25, 0.3) is 0 Å². The molecule has 1 aromatic rings. The van der Waals surface area contributed by atoms with Crippen LogP contribution in [0.15, 0.2) is 6.07 Å². The van der Waals surface area contributed by atoms with E-state index in [1.165, 1.54) is 13.0 Å². The van der Waals surface area contributed by atoms with Crippen LogP contribution in [0.3, 0.4) is 0 Å². The first kappa shape index (κ1) is 14.8. The first-order valence-electron chi connectivity index (χ1n) is 5.19. The molecule has 0 fully saturated rings. The number of nitro benzene ring substituents is 2. The minimum Gasteiger partial charge on any atom is -0.258 e. The van der Waals surface area contributed by atoms with Crippen molar-refractivity contribution >= 4 is 34.0 Å². The molecule has 7 heteroatoms. The Bertz CT molecular complexity index is 535. The molecule has 0 aromatic heterocycles. The summed E-state index contributed by atoms with van der Waals surface area (Å²) in [5.41, 5.74) is -0.158. The molecular formula is C11H13IN2O4. The van der Waals surface area contributed by atoms with E-state index < -0.39 is 15.3 Å². The Morgan fingerprint density at radius 2 is 1.56 bits per heavy atom. The molecule has 0 bridgehead atoms. The van der Waals surface area contributed by atoms with Gasteiger partial charge in [0.05, 0.1) is 13.4 Å². The Kier molecular flexibility index (Phi) is 3.94. The van der Waals surface area contributed by atoms with Crippen molar-refractivity contribution in [3.8, 4) is 0 Å². The summed E-state index contributed by atoms with van der Waals surface area (Å²) in [6.45, 7) is 6.96. The highest BCUT2D eigenvalue weighted by Gasteiger charge is 2.33. The van der Waals surface area contributed by atoms with E-state index in [2.05, 4.69) is 0 Å². The van der Waals surface area contributed by atoms with Crippen LogP contribution >= 0.6 is 22.6 Å². The van der Waals surface area contributed by atoms with Crippen LogP contribution in [0.1, 0.15) is 31.9 Å². The standard InChI is InChI=1S/C11H13IN2O4/c1-6-9(13(15)16)7(11(2,3)4)5-8(12)10(6)14(17)18/h5H,1-4H3. The molecular weight excluding hydrogens is 351 g/mol. The average Bonchev–Trinajstić information content (AvgIpc) is 2.13. The van der Waals surface area contributed by atoms with Crippen LogP contribution in [-0.4, -0.2) is 9.85 Å². The highest BCUT2D eigenvalue weighted by Crippen LogP contribution is 2.40. The van der Waals surface area contributed by atoms with Crippen LogP contribution in [0.4, 0.5) is 11.4 Å². The minimum absolute atomic E-state index is 0.113. The van der Waals surface area contributed by atoms with Gasteiger partial charge in [-0.05, 0) is 41.0 Å². The summed E-state index contributed by atoms with van der Waals surface area (Å²) in [6.07, 6.45) is 0. The maximum Gasteiger partial charge on any atom is 0.292 e. The van der Waals surface area contributed by atoms with Gasteiger partial charge in [0.15, 0.2) is 0 Å². The van der Waals surface area contributed by atoms with Gasteiger partial charge < -0.3 is 0 Å². The van der Waals surface area contributed by atoms with Crippen LogP contribution in [0.2, 0.25) is 0 Å². The Hall–Kier alpha value is -1.25. The van der Waals surface area contributed by atoms with E-state index in [-0.39, 0.29) is 16.9 Å². The number of rotatable bonds is 2. The molecule has 0 N–H and O–H groups in total. The van der Waals surface area contributed by atoms with Crippen molar-refractivity contribution in [2.24, 2.45) is 0 Å². The Labute approximate surface area is 118 Å². The van der Waals surface area contributed by atoms with Crippen molar-refractivity contribution in [1.82, 2.24) is 0 Å². The number of benzene rings is 1. The molecule has 0 saturated heterocycles. The predicted molar refractivity (Wildman–Crippen MR) is 75.9 cm³/mol. The molecule has 98 valence electrons. The number of hydrogen-bond donors (Lipinski definition) is 0. The van der Waals surface area contributed by atoms with Gasteiger partial charge >= 0.3 is 0 Å². The zero-order chi connectivity index (χ0) is 14.2. The molecule has 0 atom stereocenters. The van der Waals surface area contributed by atoms with Gasteiger partial charge in [0.1, 0.15) is 5.56 Å². The summed E-state index contributed by atoms with van der Waals surface area (Å²) in [6, 6.07) is 1.53. The highest BCUT2D eigenvalue weighted by molar-refractivity contribution is 14.1. The van der Waals surface area contributed by atoms with Crippen LogP contribution in [0, 0.1) is 30.7 Å². The predicted octanol–water partition coefficient (Wildman–Crippen LogP) is 3.71. The largest absolute Gasteiger partial charge is 0.292 e. The summed E-state index contributed by atoms with van der Waals surface area (Å²) in [4.78, 5) is 21.0. The number of halogens is 1. The second-order valence-electron chi connectivity index (χ2n) is 4.99. The smallest absolute Gasteiger partial charge is 0.258 e. The molecule has 18 heavy (non-hydrogen) atoms. The molecule has 0 aliphatic heterocycles. The lowest BCUT2D eigenvalue weighted by Crippen LogP contribution is -2.16. The fourth-order valence-electron chi connectivity index (χ4n) is 1.79. The van der Waals surface area contributed by atoms with E-state index >= 15 is 0 Å². The van der Waals surface area contributed by atoms with Crippen LogP contribution in [-0.2, 0) is 5.41 Å². The van der Waals surface area contributed by atoms with E-state index in [0.717, 1.165) is 0 Å². The first-order chi connectivity index (χ1) is 8.07. The van der Waals surface area contributed by atoms with E-state index in [1.807, 2.05) is 43.4 Å². The van der Waals surface area contributed by atoms with Gasteiger partial charge in [-0.3, -0.25) is 20.2 Å².